The first-order valence-corrected chi connectivity index (χ1v) is 11.5. The van der Waals surface area contributed by atoms with Crippen molar-refractivity contribution in [2.24, 2.45) is 0 Å². The summed E-state index contributed by atoms with van der Waals surface area (Å²) in [7, 11) is 0. The zero-order chi connectivity index (χ0) is 20.7. The molecule has 0 unspecified atom stereocenters. The Morgan fingerprint density at radius 1 is 1.10 bits per heavy atom. The van der Waals surface area contributed by atoms with Crippen LogP contribution in [0.5, 0.6) is 0 Å². The molecule has 0 spiro atoms. The quantitative estimate of drug-likeness (QED) is 0.698. The van der Waals surface area contributed by atoms with Crippen LogP contribution in [0.4, 0.5) is 11.5 Å². The maximum absolute atomic E-state index is 12.6. The molecule has 1 N–H and O–H groups in total. The number of nitrogens with zero attached hydrogens (tertiary/aromatic N) is 4. The maximum atomic E-state index is 12.6. The molecule has 1 fully saturated rings. The number of para-hydroxylation sites is 1. The molecule has 0 atom stereocenters. The van der Waals surface area contributed by atoms with Crippen LogP contribution in [-0.2, 0) is 17.6 Å². The lowest BCUT2D eigenvalue weighted by atomic mass is 10.1. The monoisotopic (exact) mass is 421 g/mol. The van der Waals surface area contributed by atoms with Crippen molar-refractivity contribution in [3.63, 3.8) is 0 Å². The van der Waals surface area contributed by atoms with E-state index in [1.165, 1.54) is 28.7 Å². The topological polar surface area (TPSA) is 61.4 Å². The molecule has 2 aliphatic rings. The zero-order valence-electron chi connectivity index (χ0n) is 17.6. The fraction of sp³-hybridized carbons (Fsp3) is 0.435. The molecule has 1 saturated heterocycles. The molecule has 30 heavy (non-hydrogen) atoms. The second-order valence-electron chi connectivity index (χ2n) is 8.31. The van der Waals surface area contributed by atoms with Gasteiger partial charge in [-0.2, -0.15) is 0 Å². The molecule has 2 aromatic heterocycles. The minimum atomic E-state index is 0.0564. The second kappa shape index (κ2) is 7.96. The average Bonchev–Trinajstić information content (AvgIpc) is 3.32. The number of benzene rings is 1. The highest BCUT2D eigenvalue weighted by Crippen LogP contribution is 2.40. The first-order chi connectivity index (χ1) is 14.6. The van der Waals surface area contributed by atoms with E-state index in [1.54, 1.807) is 6.33 Å². The number of hydrogen-bond donors (Lipinski definition) is 1. The van der Waals surface area contributed by atoms with Crippen molar-refractivity contribution in [2.75, 3.05) is 42.9 Å². The number of fused-ring (bicyclic) bond motifs is 3. The molecule has 156 valence electrons. The largest absolute Gasteiger partial charge is 0.353 e. The minimum absolute atomic E-state index is 0.0564. The van der Waals surface area contributed by atoms with Crippen molar-refractivity contribution < 1.29 is 4.79 Å². The fourth-order valence-electron chi connectivity index (χ4n) is 4.66. The molecule has 0 bridgehead atoms. The van der Waals surface area contributed by atoms with E-state index >= 15 is 0 Å². The van der Waals surface area contributed by atoms with Crippen LogP contribution in [-0.4, -0.2) is 53.5 Å². The van der Waals surface area contributed by atoms with Crippen LogP contribution in [0.15, 0.2) is 24.5 Å². The van der Waals surface area contributed by atoms with E-state index in [0.29, 0.717) is 6.54 Å². The highest BCUT2D eigenvalue weighted by molar-refractivity contribution is 7.19. The van der Waals surface area contributed by atoms with Gasteiger partial charge in [-0.05, 0) is 49.8 Å². The Kier molecular flexibility index (Phi) is 5.16. The van der Waals surface area contributed by atoms with Gasteiger partial charge in [0.2, 0.25) is 5.91 Å². The number of amides is 1. The van der Waals surface area contributed by atoms with Gasteiger partial charge in [0.25, 0.3) is 0 Å². The molecule has 0 saturated carbocycles. The summed E-state index contributed by atoms with van der Waals surface area (Å²) in [5.41, 5.74) is 4.62. The van der Waals surface area contributed by atoms with Crippen LogP contribution in [0.1, 0.15) is 28.0 Å². The Morgan fingerprint density at radius 3 is 2.63 bits per heavy atom. The Morgan fingerprint density at radius 2 is 1.87 bits per heavy atom. The minimum Gasteiger partial charge on any atom is -0.353 e. The van der Waals surface area contributed by atoms with E-state index in [1.807, 2.05) is 43.4 Å². The summed E-state index contributed by atoms with van der Waals surface area (Å²) in [5, 5.41) is 4.38. The van der Waals surface area contributed by atoms with E-state index in [9.17, 15) is 4.79 Å². The molecular weight excluding hydrogens is 394 g/mol. The van der Waals surface area contributed by atoms with Crippen molar-refractivity contribution >= 4 is 39.0 Å². The highest BCUT2D eigenvalue weighted by Gasteiger charge is 2.26. The van der Waals surface area contributed by atoms with Gasteiger partial charge in [-0.3, -0.25) is 9.69 Å². The number of anilines is 2. The summed E-state index contributed by atoms with van der Waals surface area (Å²) in [6, 6.07) is 6.09. The predicted octanol–water partition coefficient (Wildman–Crippen LogP) is 3.56. The van der Waals surface area contributed by atoms with Gasteiger partial charge in [0.15, 0.2) is 0 Å². The Balaban J connectivity index is 1.24. The van der Waals surface area contributed by atoms with Crippen LogP contribution in [0.3, 0.4) is 0 Å². The molecule has 5 rings (SSSR count). The fourth-order valence-corrected chi connectivity index (χ4v) is 5.89. The summed E-state index contributed by atoms with van der Waals surface area (Å²) in [6.07, 6.45) is 5.27. The summed E-state index contributed by atoms with van der Waals surface area (Å²) in [4.78, 5) is 29.0. The number of rotatable bonds is 4. The van der Waals surface area contributed by atoms with Gasteiger partial charge in [-0.15, -0.1) is 11.3 Å². The molecule has 3 heterocycles. The van der Waals surface area contributed by atoms with Crippen molar-refractivity contribution in [1.29, 1.82) is 0 Å². The van der Waals surface area contributed by atoms with Crippen molar-refractivity contribution in [2.45, 2.75) is 33.1 Å². The van der Waals surface area contributed by atoms with Gasteiger partial charge < -0.3 is 10.2 Å². The zero-order valence-corrected chi connectivity index (χ0v) is 18.4. The first kappa shape index (κ1) is 19.5. The van der Waals surface area contributed by atoms with E-state index in [2.05, 4.69) is 25.1 Å². The highest BCUT2D eigenvalue weighted by atomic mass is 32.1. The first-order valence-electron chi connectivity index (χ1n) is 10.7. The third-order valence-corrected chi connectivity index (χ3v) is 7.47. The summed E-state index contributed by atoms with van der Waals surface area (Å²) in [6.45, 7) is 7.97. The summed E-state index contributed by atoms with van der Waals surface area (Å²) < 4.78 is 0. The molecule has 1 aromatic carbocycles. The van der Waals surface area contributed by atoms with Crippen molar-refractivity contribution in [3.05, 3.63) is 46.1 Å². The summed E-state index contributed by atoms with van der Waals surface area (Å²) in [5.74, 6) is 1.14. The Hall–Kier alpha value is -2.51. The van der Waals surface area contributed by atoms with Gasteiger partial charge >= 0.3 is 0 Å². The van der Waals surface area contributed by atoms with Gasteiger partial charge in [-0.1, -0.05) is 18.2 Å². The molecule has 0 radical (unpaired) electrons. The average molecular weight is 422 g/mol. The van der Waals surface area contributed by atoms with E-state index in [-0.39, 0.29) is 5.91 Å². The number of nitrogens with one attached hydrogen (secondary N) is 1. The number of carbonyl (C=O) groups is 1. The molecular formula is C23H27N5OS. The third kappa shape index (κ3) is 3.56. The SMILES string of the molecule is Cc1cccc(C)c1NC(=O)CN1CCN(c2ncnc3sc4c(c23)CCC4)CC1. The van der Waals surface area contributed by atoms with Gasteiger partial charge in [0.1, 0.15) is 17.0 Å². The molecule has 1 aliphatic carbocycles. The predicted molar refractivity (Wildman–Crippen MR) is 123 cm³/mol. The third-order valence-electron chi connectivity index (χ3n) is 6.27. The molecule has 1 amide bonds. The van der Waals surface area contributed by atoms with Gasteiger partial charge in [-0.25, -0.2) is 9.97 Å². The van der Waals surface area contributed by atoms with E-state index in [4.69, 9.17) is 0 Å². The lowest BCUT2D eigenvalue weighted by Gasteiger charge is -2.35. The van der Waals surface area contributed by atoms with Gasteiger partial charge in [0.05, 0.1) is 11.9 Å². The Labute approximate surface area is 180 Å². The number of carbonyl (C=O) groups excluding carboxylic acids is 1. The van der Waals surface area contributed by atoms with Crippen LogP contribution >= 0.6 is 11.3 Å². The van der Waals surface area contributed by atoms with Crippen LogP contribution in [0.25, 0.3) is 10.2 Å². The smallest absolute Gasteiger partial charge is 0.238 e. The lowest BCUT2D eigenvalue weighted by molar-refractivity contribution is -0.117. The lowest BCUT2D eigenvalue weighted by Crippen LogP contribution is -2.49. The van der Waals surface area contributed by atoms with Crippen LogP contribution in [0.2, 0.25) is 0 Å². The van der Waals surface area contributed by atoms with E-state index in [0.717, 1.165) is 60.1 Å². The number of aromatic nitrogens is 2. The van der Waals surface area contributed by atoms with E-state index < -0.39 is 0 Å². The van der Waals surface area contributed by atoms with Crippen molar-refractivity contribution in [3.8, 4) is 0 Å². The molecule has 6 nitrogen and oxygen atoms in total. The number of aryl methyl sites for hydroxylation is 4. The molecule has 3 aromatic rings. The molecule has 1 aliphatic heterocycles. The number of hydrogen-bond acceptors (Lipinski definition) is 6. The summed E-state index contributed by atoms with van der Waals surface area (Å²) >= 11 is 1.84. The van der Waals surface area contributed by atoms with Crippen LogP contribution in [0, 0.1) is 13.8 Å². The van der Waals surface area contributed by atoms with Gasteiger partial charge in [0, 0.05) is 36.7 Å². The Bertz CT molecular complexity index is 1080. The standard InChI is InChI=1S/C23H27N5OS/c1-15-5-3-6-16(2)21(15)26-19(29)13-27-9-11-28(12-10-27)22-20-17-7-4-8-18(17)30-23(20)25-14-24-22/h3,5-6,14H,4,7-13H2,1-2H3,(H,26,29). The number of thiophene rings is 1. The van der Waals surface area contributed by atoms with Crippen LogP contribution < -0.4 is 10.2 Å². The maximum Gasteiger partial charge on any atom is 0.238 e. The van der Waals surface area contributed by atoms with Crippen molar-refractivity contribution in [1.82, 2.24) is 14.9 Å². The normalized spacial score (nSPS) is 16.8. The number of piperazine rings is 1. The second-order valence-corrected chi connectivity index (χ2v) is 9.40. The molecule has 7 heteroatoms.